The molecule has 0 saturated heterocycles. The molecule has 0 aliphatic carbocycles. The van der Waals surface area contributed by atoms with Gasteiger partial charge in [-0.25, -0.2) is 0 Å². The molecule has 0 aromatic heterocycles. The van der Waals surface area contributed by atoms with E-state index in [2.05, 4.69) is 0 Å². The summed E-state index contributed by atoms with van der Waals surface area (Å²) in [6.45, 7) is 0.891. The van der Waals surface area contributed by atoms with Crippen molar-refractivity contribution in [1.82, 2.24) is 0 Å². The van der Waals surface area contributed by atoms with Gasteiger partial charge < -0.3 is 15.1 Å². The molecule has 3 nitrogen and oxygen atoms in total. The Morgan fingerprint density at radius 1 is 1.07 bits per heavy atom. The molecule has 5 heteroatoms. The van der Waals surface area contributed by atoms with E-state index in [1.54, 1.807) is 23.1 Å². The van der Waals surface area contributed by atoms with Gasteiger partial charge in [-0.1, -0.05) is 23.2 Å². The first kappa shape index (κ1) is 12.6. The van der Waals surface area contributed by atoms with Crippen molar-refractivity contribution in [3.05, 3.63) is 28.2 Å². The van der Waals surface area contributed by atoms with E-state index in [-0.39, 0.29) is 13.2 Å². The Kier molecular flexibility index (Phi) is 5.19. The van der Waals surface area contributed by atoms with Gasteiger partial charge in [-0.3, -0.25) is 0 Å². The Hall–Kier alpha value is -0.480. The summed E-state index contributed by atoms with van der Waals surface area (Å²) in [5.74, 6) is 0. The fourth-order valence-electron chi connectivity index (χ4n) is 1.33. The Balaban J connectivity index is 2.89. The highest BCUT2D eigenvalue weighted by molar-refractivity contribution is 6.36. The Morgan fingerprint density at radius 3 is 2.13 bits per heavy atom. The number of hydrogen-bond donors (Lipinski definition) is 2. The number of halogens is 2. The second-order valence-corrected chi connectivity index (χ2v) is 3.87. The molecule has 15 heavy (non-hydrogen) atoms. The standard InChI is InChI=1S/C10H13Cl2NO2/c11-8-1-2-10(9(12)7-8)13(3-5-14)4-6-15/h1-2,7,14-15H,3-6H2. The van der Waals surface area contributed by atoms with Crippen molar-refractivity contribution in [2.45, 2.75) is 0 Å². The van der Waals surface area contributed by atoms with E-state index >= 15 is 0 Å². The third kappa shape index (κ3) is 3.54. The van der Waals surface area contributed by atoms with E-state index in [1.807, 2.05) is 0 Å². The second kappa shape index (κ2) is 6.18. The molecule has 0 aliphatic rings. The predicted octanol–water partition coefficient (Wildman–Crippen LogP) is 1.78. The minimum atomic E-state index is 0.0129. The Bertz CT molecular complexity index is 314. The van der Waals surface area contributed by atoms with Gasteiger partial charge in [0.05, 0.1) is 23.9 Å². The molecule has 0 spiro atoms. The van der Waals surface area contributed by atoms with E-state index < -0.39 is 0 Å². The van der Waals surface area contributed by atoms with Crippen LogP contribution in [-0.4, -0.2) is 36.5 Å². The van der Waals surface area contributed by atoms with Crippen molar-refractivity contribution in [2.24, 2.45) is 0 Å². The maximum Gasteiger partial charge on any atom is 0.0654 e. The first-order valence-electron chi connectivity index (χ1n) is 4.60. The highest BCUT2D eigenvalue weighted by Crippen LogP contribution is 2.28. The normalized spacial score (nSPS) is 10.4. The van der Waals surface area contributed by atoms with Crippen molar-refractivity contribution < 1.29 is 10.2 Å². The number of anilines is 1. The molecular formula is C10H13Cl2NO2. The maximum absolute atomic E-state index is 8.88. The highest BCUT2D eigenvalue weighted by Gasteiger charge is 2.09. The minimum absolute atomic E-state index is 0.0129. The van der Waals surface area contributed by atoms with Gasteiger partial charge in [0.15, 0.2) is 0 Å². The summed E-state index contributed by atoms with van der Waals surface area (Å²) in [6, 6.07) is 5.14. The van der Waals surface area contributed by atoms with Crippen LogP contribution in [0.25, 0.3) is 0 Å². The zero-order valence-corrected chi connectivity index (χ0v) is 9.67. The lowest BCUT2D eigenvalue weighted by atomic mass is 10.3. The summed E-state index contributed by atoms with van der Waals surface area (Å²) in [6.07, 6.45) is 0. The second-order valence-electron chi connectivity index (χ2n) is 3.03. The summed E-state index contributed by atoms with van der Waals surface area (Å²) in [5, 5.41) is 18.8. The molecule has 2 N–H and O–H groups in total. The van der Waals surface area contributed by atoms with E-state index in [4.69, 9.17) is 33.4 Å². The van der Waals surface area contributed by atoms with E-state index in [1.165, 1.54) is 0 Å². The molecular weight excluding hydrogens is 237 g/mol. The molecule has 1 rings (SSSR count). The van der Waals surface area contributed by atoms with Gasteiger partial charge in [-0.15, -0.1) is 0 Å². The third-order valence-corrected chi connectivity index (χ3v) is 2.53. The van der Waals surface area contributed by atoms with Gasteiger partial charge in [0.25, 0.3) is 0 Å². The molecule has 1 aromatic rings. The lowest BCUT2D eigenvalue weighted by Gasteiger charge is -2.24. The largest absolute Gasteiger partial charge is 0.395 e. The average Bonchev–Trinajstić information content (AvgIpc) is 2.17. The lowest BCUT2D eigenvalue weighted by molar-refractivity contribution is 0.281. The summed E-state index contributed by atoms with van der Waals surface area (Å²) >= 11 is 11.8. The summed E-state index contributed by atoms with van der Waals surface area (Å²) in [4.78, 5) is 1.80. The molecule has 0 atom stereocenters. The molecule has 0 fully saturated rings. The summed E-state index contributed by atoms with van der Waals surface area (Å²) < 4.78 is 0. The van der Waals surface area contributed by atoms with Crippen LogP contribution in [-0.2, 0) is 0 Å². The van der Waals surface area contributed by atoms with Crippen molar-refractivity contribution >= 4 is 28.9 Å². The van der Waals surface area contributed by atoms with Crippen LogP contribution in [0.2, 0.25) is 10.0 Å². The van der Waals surface area contributed by atoms with E-state index in [0.29, 0.717) is 23.1 Å². The van der Waals surface area contributed by atoms with Gasteiger partial charge in [0, 0.05) is 18.1 Å². The Labute approximate surface area is 98.8 Å². The van der Waals surface area contributed by atoms with Crippen LogP contribution in [0.15, 0.2) is 18.2 Å². The van der Waals surface area contributed by atoms with Crippen molar-refractivity contribution in [1.29, 1.82) is 0 Å². The van der Waals surface area contributed by atoms with Crippen molar-refractivity contribution in [2.75, 3.05) is 31.2 Å². The zero-order valence-electron chi connectivity index (χ0n) is 8.16. The monoisotopic (exact) mass is 249 g/mol. The molecule has 1 aromatic carbocycles. The molecule has 0 unspecified atom stereocenters. The number of hydrogen-bond acceptors (Lipinski definition) is 3. The fourth-order valence-corrected chi connectivity index (χ4v) is 1.86. The number of rotatable bonds is 5. The molecule has 0 saturated carbocycles. The SMILES string of the molecule is OCCN(CCO)c1ccc(Cl)cc1Cl. The quantitative estimate of drug-likeness (QED) is 0.837. The number of nitrogens with zero attached hydrogens (tertiary/aromatic N) is 1. The van der Waals surface area contributed by atoms with Gasteiger partial charge in [-0.2, -0.15) is 0 Å². The van der Waals surface area contributed by atoms with Crippen LogP contribution in [0, 0.1) is 0 Å². The topological polar surface area (TPSA) is 43.7 Å². The van der Waals surface area contributed by atoms with Crippen LogP contribution >= 0.6 is 23.2 Å². The minimum Gasteiger partial charge on any atom is -0.395 e. The van der Waals surface area contributed by atoms with E-state index in [9.17, 15) is 0 Å². The average molecular weight is 250 g/mol. The number of aliphatic hydroxyl groups excluding tert-OH is 2. The fraction of sp³-hybridized carbons (Fsp3) is 0.400. The van der Waals surface area contributed by atoms with Gasteiger partial charge >= 0.3 is 0 Å². The van der Waals surface area contributed by atoms with Gasteiger partial charge in [0.1, 0.15) is 0 Å². The molecule has 84 valence electrons. The zero-order chi connectivity index (χ0) is 11.3. The highest BCUT2D eigenvalue weighted by atomic mass is 35.5. The molecule has 0 heterocycles. The molecule has 0 bridgehead atoms. The maximum atomic E-state index is 8.88. The smallest absolute Gasteiger partial charge is 0.0654 e. The van der Waals surface area contributed by atoms with Crippen molar-refractivity contribution in [3.63, 3.8) is 0 Å². The molecule has 0 radical (unpaired) electrons. The van der Waals surface area contributed by atoms with Crippen LogP contribution in [0.4, 0.5) is 5.69 Å². The first-order valence-corrected chi connectivity index (χ1v) is 5.36. The van der Waals surface area contributed by atoms with Crippen LogP contribution < -0.4 is 4.90 Å². The molecule has 0 aliphatic heterocycles. The number of aliphatic hydroxyl groups is 2. The van der Waals surface area contributed by atoms with Crippen LogP contribution in [0.1, 0.15) is 0 Å². The summed E-state index contributed by atoms with van der Waals surface area (Å²) in [5.41, 5.74) is 0.768. The van der Waals surface area contributed by atoms with Gasteiger partial charge in [-0.05, 0) is 18.2 Å². The predicted molar refractivity (Wildman–Crippen MR) is 62.8 cm³/mol. The van der Waals surface area contributed by atoms with Crippen molar-refractivity contribution in [3.8, 4) is 0 Å². The molecule has 0 amide bonds. The first-order chi connectivity index (χ1) is 7.19. The van der Waals surface area contributed by atoms with Crippen LogP contribution in [0.5, 0.6) is 0 Å². The van der Waals surface area contributed by atoms with Gasteiger partial charge in [0.2, 0.25) is 0 Å². The number of benzene rings is 1. The van der Waals surface area contributed by atoms with E-state index in [0.717, 1.165) is 5.69 Å². The summed E-state index contributed by atoms with van der Waals surface area (Å²) in [7, 11) is 0. The lowest BCUT2D eigenvalue weighted by Crippen LogP contribution is -2.29. The Morgan fingerprint density at radius 2 is 1.67 bits per heavy atom. The van der Waals surface area contributed by atoms with Crippen LogP contribution in [0.3, 0.4) is 0 Å². The third-order valence-electron chi connectivity index (χ3n) is 1.99.